The molecule has 0 aromatic carbocycles. The minimum absolute atomic E-state index is 0.206. The molecule has 0 amide bonds. The maximum absolute atomic E-state index is 8.34. The van der Waals surface area contributed by atoms with Gasteiger partial charge >= 0.3 is 0 Å². The first-order chi connectivity index (χ1) is 6.34. The van der Waals surface area contributed by atoms with Crippen molar-refractivity contribution in [1.29, 1.82) is 0 Å². The van der Waals surface area contributed by atoms with Gasteiger partial charge in [-0.3, -0.25) is 0 Å². The van der Waals surface area contributed by atoms with E-state index in [1.54, 1.807) is 0 Å². The Kier molecular flexibility index (Phi) is 1.48. The maximum atomic E-state index is 8.34. The van der Waals surface area contributed by atoms with E-state index in [2.05, 4.69) is 0 Å². The van der Waals surface area contributed by atoms with Gasteiger partial charge in [-0.1, -0.05) is 20.8 Å². The summed E-state index contributed by atoms with van der Waals surface area (Å²) in [6.07, 6.45) is 4.15. The summed E-state index contributed by atoms with van der Waals surface area (Å²) in [5, 5.41) is 0. The van der Waals surface area contributed by atoms with Crippen molar-refractivity contribution in [3.8, 4) is 0 Å². The molecular formula is C12H22. The molecule has 0 aliphatic heterocycles. The van der Waals surface area contributed by atoms with Crippen LogP contribution in [0.3, 0.4) is 0 Å². The minimum atomic E-state index is -0.977. The smallest absolute Gasteiger partial charge is 0.0275 e. The Balaban J connectivity index is 2.23. The van der Waals surface area contributed by atoms with Crippen LogP contribution in [0.15, 0.2) is 0 Å². The first-order valence-electron chi connectivity index (χ1n) is 6.34. The summed E-state index contributed by atoms with van der Waals surface area (Å²) in [6, 6.07) is 0. The van der Waals surface area contributed by atoms with Crippen LogP contribution in [0.4, 0.5) is 0 Å². The van der Waals surface area contributed by atoms with Gasteiger partial charge in [0.15, 0.2) is 0 Å². The summed E-state index contributed by atoms with van der Waals surface area (Å²) in [5.74, 6) is 1.73. The van der Waals surface area contributed by atoms with Crippen molar-refractivity contribution < 1.29 is 2.74 Å². The van der Waals surface area contributed by atoms with Crippen LogP contribution in [0.1, 0.15) is 55.6 Å². The highest BCUT2D eigenvalue weighted by atomic mass is 14.5. The van der Waals surface area contributed by atoms with Gasteiger partial charge < -0.3 is 0 Å². The summed E-state index contributed by atoms with van der Waals surface area (Å²) >= 11 is 0. The first-order valence-corrected chi connectivity index (χ1v) is 5.34. The Morgan fingerprint density at radius 1 is 1.08 bits per heavy atom. The lowest BCUT2D eigenvalue weighted by atomic mass is 9.80. The second-order valence-electron chi connectivity index (χ2n) is 5.59. The SMILES string of the molecule is [2H]C([2H])(C1C2CCC1CC2)C(C)(C)C. The molecule has 0 N–H and O–H groups in total. The molecular weight excluding hydrogens is 144 g/mol. The number of hydrogen-bond donors (Lipinski definition) is 0. The second kappa shape index (κ2) is 2.75. The largest absolute Gasteiger partial charge is 0.0602 e. The predicted molar refractivity (Wildman–Crippen MR) is 53.0 cm³/mol. The van der Waals surface area contributed by atoms with Crippen molar-refractivity contribution in [3.05, 3.63) is 0 Å². The fraction of sp³-hybridized carbons (Fsp3) is 1.00. The molecule has 12 heavy (non-hydrogen) atoms. The van der Waals surface area contributed by atoms with Crippen molar-refractivity contribution in [2.45, 2.75) is 52.8 Å². The maximum Gasteiger partial charge on any atom is 0.0275 e. The number of rotatable bonds is 1. The Morgan fingerprint density at radius 3 is 1.83 bits per heavy atom. The summed E-state index contributed by atoms with van der Waals surface area (Å²) < 4.78 is 16.7. The highest BCUT2D eigenvalue weighted by molar-refractivity contribution is 4.93. The van der Waals surface area contributed by atoms with Gasteiger partial charge in [0, 0.05) is 2.74 Å². The van der Waals surface area contributed by atoms with Crippen molar-refractivity contribution >= 4 is 0 Å². The Morgan fingerprint density at radius 2 is 1.50 bits per heavy atom. The zero-order valence-corrected chi connectivity index (χ0v) is 8.56. The minimum Gasteiger partial charge on any atom is -0.0602 e. The molecule has 2 aliphatic carbocycles. The Labute approximate surface area is 79.6 Å². The summed E-state index contributed by atoms with van der Waals surface area (Å²) in [7, 11) is 0. The molecule has 2 bridgehead atoms. The summed E-state index contributed by atoms with van der Waals surface area (Å²) in [6.45, 7) is 6.14. The van der Waals surface area contributed by atoms with Crippen LogP contribution in [0.5, 0.6) is 0 Å². The average molecular weight is 168 g/mol. The molecule has 0 unspecified atom stereocenters. The van der Waals surface area contributed by atoms with Gasteiger partial charge in [0.2, 0.25) is 0 Å². The average Bonchev–Trinajstić information content (AvgIpc) is 2.59. The Hall–Kier alpha value is 0. The lowest BCUT2D eigenvalue weighted by molar-refractivity contribution is 0.247. The normalized spacial score (nSPS) is 44.4. The van der Waals surface area contributed by atoms with E-state index in [4.69, 9.17) is 2.74 Å². The number of hydrogen-bond acceptors (Lipinski definition) is 0. The molecule has 0 aromatic rings. The fourth-order valence-corrected chi connectivity index (χ4v) is 2.98. The van der Waals surface area contributed by atoms with E-state index in [-0.39, 0.29) is 5.41 Å². The second-order valence-corrected chi connectivity index (χ2v) is 5.59. The molecule has 2 fully saturated rings. The van der Waals surface area contributed by atoms with Gasteiger partial charge in [0.1, 0.15) is 0 Å². The quantitative estimate of drug-likeness (QED) is 0.558. The molecule has 2 rings (SSSR count). The molecule has 0 saturated heterocycles. The van der Waals surface area contributed by atoms with Crippen LogP contribution in [0, 0.1) is 23.2 Å². The first kappa shape index (κ1) is 6.45. The zero-order chi connectivity index (χ0) is 10.6. The fourth-order valence-electron chi connectivity index (χ4n) is 2.98. The van der Waals surface area contributed by atoms with E-state index in [0.717, 1.165) is 0 Å². The molecule has 0 nitrogen and oxygen atoms in total. The van der Waals surface area contributed by atoms with Gasteiger partial charge in [-0.25, -0.2) is 0 Å². The van der Waals surface area contributed by atoms with E-state index in [0.29, 0.717) is 17.8 Å². The molecule has 0 aromatic heterocycles. The molecule has 2 saturated carbocycles. The van der Waals surface area contributed by atoms with Crippen LogP contribution >= 0.6 is 0 Å². The van der Waals surface area contributed by atoms with Gasteiger partial charge in [-0.15, -0.1) is 0 Å². The van der Waals surface area contributed by atoms with Crippen LogP contribution in [0.2, 0.25) is 0 Å². The van der Waals surface area contributed by atoms with Crippen LogP contribution in [0.25, 0.3) is 0 Å². The Bertz CT molecular complexity index is 207. The summed E-state index contributed by atoms with van der Waals surface area (Å²) in [5.41, 5.74) is -0.206. The molecule has 0 radical (unpaired) electrons. The molecule has 0 heteroatoms. The van der Waals surface area contributed by atoms with Crippen LogP contribution in [-0.4, -0.2) is 0 Å². The zero-order valence-electron chi connectivity index (χ0n) is 10.6. The third kappa shape index (κ3) is 1.53. The van der Waals surface area contributed by atoms with E-state index in [9.17, 15) is 0 Å². The van der Waals surface area contributed by atoms with Crippen LogP contribution in [-0.2, 0) is 0 Å². The standard InChI is InChI=1S/C12H22/c1-12(2,3)8-11-9-4-5-10(11)7-6-9/h9-11H,4-8H2,1-3H3/i8D2. The molecule has 2 aliphatic rings. The molecule has 0 atom stereocenters. The van der Waals surface area contributed by atoms with Gasteiger partial charge in [-0.05, 0) is 55.2 Å². The highest BCUT2D eigenvalue weighted by Crippen LogP contribution is 2.52. The third-order valence-electron chi connectivity index (χ3n) is 3.43. The van der Waals surface area contributed by atoms with E-state index >= 15 is 0 Å². The van der Waals surface area contributed by atoms with Gasteiger partial charge in [-0.2, -0.15) is 0 Å². The van der Waals surface area contributed by atoms with Crippen molar-refractivity contribution in [2.75, 3.05) is 0 Å². The number of fused-ring (bicyclic) bond motifs is 2. The molecule has 70 valence electrons. The monoisotopic (exact) mass is 168 g/mol. The van der Waals surface area contributed by atoms with Crippen molar-refractivity contribution in [1.82, 2.24) is 0 Å². The van der Waals surface area contributed by atoms with Crippen molar-refractivity contribution in [2.24, 2.45) is 23.2 Å². The van der Waals surface area contributed by atoms with Gasteiger partial charge in [0.25, 0.3) is 0 Å². The van der Waals surface area contributed by atoms with E-state index in [1.807, 2.05) is 20.8 Å². The molecule has 0 heterocycles. The van der Waals surface area contributed by atoms with E-state index in [1.165, 1.54) is 25.7 Å². The molecule has 0 spiro atoms. The van der Waals surface area contributed by atoms with Crippen molar-refractivity contribution in [3.63, 3.8) is 0 Å². The highest BCUT2D eigenvalue weighted by Gasteiger charge is 2.42. The lowest BCUT2D eigenvalue weighted by Crippen LogP contribution is -2.16. The van der Waals surface area contributed by atoms with Crippen LogP contribution < -0.4 is 0 Å². The third-order valence-corrected chi connectivity index (χ3v) is 3.43. The summed E-state index contributed by atoms with van der Waals surface area (Å²) in [4.78, 5) is 0. The lowest BCUT2D eigenvalue weighted by Gasteiger charge is -2.25. The van der Waals surface area contributed by atoms with E-state index < -0.39 is 6.37 Å². The predicted octanol–water partition coefficient (Wildman–Crippen LogP) is 3.86. The topological polar surface area (TPSA) is 0 Å². The van der Waals surface area contributed by atoms with Gasteiger partial charge in [0.05, 0.1) is 0 Å².